The van der Waals surface area contributed by atoms with Crippen LogP contribution < -0.4 is 0 Å². The number of allylic oxidation sites excluding steroid dienone is 20. The molecule has 0 heterocycles. The molecule has 6 nitrogen and oxygen atoms in total. The van der Waals surface area contributed by atoms with Crippen LogP contribution in [0.4, 0.5) is 0 Å². The van der Waals surface area contributed by atoms with Crippen molar-refractivity contribution in [3.63, 3.8) is 0 Å². The second-order valence-corrected chi connectivity index (χ2v) is 20.9. The van der Waals surface area contributed by atoms with Crippen molar-refractivity contribution in [1.29, 1.82) is 0 Å². The van der Waals surface area contributed by atoms with Gasteiger partial charge in [0.15, 0.2) is 6.10 Å². The molecule has 6 heteroatoms. The second-order valence-electron chi connectivity index (χ2n) is 20.9. The Morgan fingerprint density at radius 3 is 0.844 bits per heavy atom. The highest BCUT2D eigenvalue weighted by Gasteiger charge is 2.19. The SMILES string of the molecule is CC/C=C\C/C=C\C/C=C\C/C=C\C/C=C\C/C=C\C/C=C\CCCC(=O)OCC(COC(=O)CCCCCCCCC/C=C\C/C=C\C/C=C\CC)OC(=O)CCCCCCCCCCCCCCCCCCCCC. The van der Waals surface area contributed by atoms with Crippen molar-refractivity contribution in [2.45, 2.75) is 297 Å². The molecule has 0 aromatic heterocycles. The van der Waals surface area contributed by atoms with Gasteiger partial charge < -0.3 is 14.2 Å². The Bertz CT molecular complexity index is 1600. The zero-order valence-electron chi connectivity index (χ0n) is 50.2. The molecular formula is C71H118O6. The van der Waals surface area contributed by atoms with Gasteiger partial charge in [-0.15, -0.1) is 0 Å². The Balaban J connectivity index is 4.49. The van der Waals surface area contributed by atoms with E-state index in [0.29, 0.717) is 19.3 Å². The molecule has 77 heavy (non-hydrogen) atoms. The molecule has 0 N–H and O–H groups in total. The molecule has 0 bridgehead atoms. The lowest BCUT2D eigenvalue weighted by atomic mass is 10.0. The molecule has 0 saturated carbocycles. The molecule has 0 rings (SSSR count). The number of carbonyl (C=O) groups excluding carboxylic acids is 3. The highest BCUT2D eigenvalue weighted by Crippen LogP contribution is 2.16. The van der Waals surface area contributed by atoms with Crippen molar-refractivity contribution >= 4 is 17.9 Å². The van der Waals surface area contributed by atoms with Crippen molar-refractivity contribution in [2.24, 2.45) is 0 Å². The first-order valence-electron chi connectivity index (χ1n) is 32.0. The van der Waals surface area contributed by atoms with E-state index in [4.69, 9.17) is 14.2 Å². The molecule has 0 amide bonds. The first-order valence-corrected chi connectivity index (χ1v) is 32.0. The largest absolute Gasteiger partial charge is 0.462 e. The van der Waals surface area contributed by atoms with E-state index < -0.39 is 6.10 Å². The van der Waals surface area contributed by atoms with Crippen LogP contribution in [0.3, 0.4) is 0 Å². The van der Waals surface area contributed by atoms with Gasteiger partial charge in [0.05, 0.1) is 0 Å². The monoisotopic (exact) mass is 1070 g/mol. The van der Waals surface area contributed by atoms with Crippen LogP contribution in [0.25, 0.3) is 0 Å². The Hall–Kier alpha value is -4.19. The van der Waals surface area contributed by atoms with E-state index in [9.17, 15) is 14.4 Å². The summed E-state index contributed by atoms with van der Waals surface area (Å²) in [5.41, 5.74) is 0. The fourth-order valence-electron chi connectivity index (χ4n) is 8.74. The Labute approximate surface area is 475 Å². The molecule has 0 aromatic carbocycles. The minimum atomic E-state index is -0.809. The molecule has 0 aromatic rings. The number of carbonyl (C=O) groups is 3. The van der Waals surface area contributed by atoms with Crippen LogP contribution in [-0.4, -0.2) is 37.2 Å². The Kier molecular flexibility index (Phi) is 60.8. The quantitative estimate of drug-likeness (QED) is 0.0261. The molecule has 0 aliphatic carbocycles. The maximum absolute atomic E-state index is 12.9. The van der Waals surface area contributed by atoms with Crippen molar-refractivity contribution in [3.8, 4) is 0 Å². The van der Waals surface area contributed by atoms with Gasteiger partial charge in [0, 0.05) is 19.3 Å². The lowest BCUT2D eigenvalue weighted by molar-refractivity contribution is -0.167. The zero-order chi connectivity index (χ0) is 55.7. The van der Waals surface area contributed by atoms with Crippen LogP contribution >= 0.6 is 0 Å². The van der Waals surface area contributed by atoms with E-state index in [-0.39, 0.29) is 37.5 Å². The Morgan fingerprint density at radius 2 is 0.519 bits per heavy atom. The smallest absolute Gasteiger partial charge is 0.306 e. The molecule has 0 fully saturated rings. The summed E-state index contributed by atoms with van der Waals surface area (Å²) in [6.07, 6.45) is 89.2. The van der Waals surface area contributed by atoms with Gasteiger partial charge in [-0.1, -0.05) is 290 Å². The summed E-state index contributed by atoms with van der Waals surface area (Å²) in [6, 6.07) is 0. The van der Waals surface area contributed by atoms with E-state index in [1.807, 2.05) is 0 Å². The summed E-state index contributed by atoms with van der Waals surface area (Å²) >= 11 is 0. The maximum Gasteiger partial charge on any atom is 0.306 e. The third-order valence-corrected chi connectivity index (χ3v) is 13.5. The molecule has 0 radical (unpaired) electrons. The minimum Gasteiger partial charge on any atom is -0.462 e. The highest BCUT2D eigenvalue weighted by atomic mass is 16.6. The molecule has 1 unspecified atom stereocenters. The van der Waals surface area contributed by atoms with Gasteiger partial charge in [-0.05, 0) is 103 Å². The van der Waals surface area contributed by atoms with E-state index >= 15 is 0 Å². The normalized spacial score (nSPS) is 12.9. The van der Waals surface area contributed by atoms with Crippen molar-refractivity contribution < 1.29 is 28.6 Å². The van der Waals surface area contributed by atoms with Gasteiger partial charge in [-0.25, -0.2) is 0 Å². The fourth-order valence-corrected chi connectivity index (χ4v) is 8.74. The lowest BCUT2D eigenvalue weighted by Gasteiger charge is -2.18. The topological polar surface area (TPSA) is 78.9 Å². The van der Waals surface area contributed by atoms with Crippen LogP contribution in [0.1, 0.15) is 290 Å². The molecule has 0 spiro atoms. The summed E-state index contributed by atoms with van der Waals surface area (Å²) < 4.78 is 16.9. The number of hydrogen-bond acceptors (Lipinski definition) is 6. The molecule has 0 aliphatic rings. The predicted molar refractivity (Wildman–Crippen MR) is 334 cm³/mol. The predicted octanol–water partition coefficient (Wildman–Crippen LogP) is 22.0. The first kappa shape index (κ1) is 72.8. The third-order valence-electron chi connectivity index (χ3n) is 13.5. The summed E-state index contributed by atoms with van der Waals surface area (Å²) in [7, 11) is 0. The lowest BCUT2D eigenvalue weighted by Crippen LogP contribution is -2.30. The number of rotatable bonds is 57. The van der Waals surface area contributed by atoms with Crippen LogP contribution in [0.2, 0.25) is 0 Å². The Morgan fingerprint density at radius 1 is 0.273 bits per heavy atom. The zero-order valence-corrected chi connectivity index (χ0v) is 50.2. The number of hydrogen-bond donors (Lipinski definition) is 0. The number of ether oxygens (including phenoxy) is 3. The standard InChI is InChI=1S/C71H118O6/c1-4-7-10-13-16-19-22-25-28-31-33-34-35-36-38-40-43-46-49-52-55-58-61-64-70(73)76-67-68(66-75-69(72)63-60-57-54-51-48-45-42-39-30-27-24-21-18-15-12-9-6-3)77-71(74)65-62-59-56-53-50-47-44-41-37-32-29-26-23-20-17-14-11-8-5-2/h7,9-10,12,16,18-19,21,25,27-28,30,33-34,36,38,43,46,52,55,68H,4-6,8,11,13-15,17,20,22-24,26,29,31-32,35,37,39-42,44-45,47-51,53-54,56-67H2,1-3H3/b10-7-,12-9-,19-16-,21-18-,28-25-,30-27-,34-33-,38-36-,46-43-,55-52-. The molecule has 1 atom stereocenters. The second kappa shape index (κ2) is 64.3. The summed E-state index contributed by atoms with van der Waals surface area (Å²) in [5, 5.41) is 0. The van der Waals surface area contributed by atoms with Gasteiger partial charge in [0.1, 0.15) is 13.2 Å². The average molecular weight is 1070 g/mol. The summed E-state index contributed by atoms with van der Waals surface area (Å²) in [5.74, 6) is -0.965. The first-order chi connectivity index (χ1) is 38.0. The van der Waals surface area contributed by atoms with Crippen LogP contribution in [0.15, 0.2) is 122 Å². The number of esters is 3. The highest BCUT2D eigenvalue weighted by molar-refractivity contribution is 5.71. The van der Waals surface area contributed by atoms with E-state index in [1.165, 1.54) is 128 Å². The van der Waals surface area contributed by atoms with Gasteiger partial charge in [0.2, 0.25) is 0 Å². The maximum atomic E-state index is 12.9. The minimum absolute atomic E-state index is 0.102. The molecular weight excluding hydrogens is 949 g/mol. The van der Waals surface area contributed by atoms with E-state index in [2.05, 4.69) is 142 Å². The van der Waals surface area contributed by atoms with Crippen LogP contribution in [-0.2, 0) is 28.6 Å². The van der Waals surface area contributed by atoms with Gasteiger partial charge in [-0.3, -0.25) is 14.4 Å². The summed E-state index contributed by atoms with van der Waals surface area (Å²) in [6.45, 7) is 6.39. The van der Waals surface area contributed by atoms with Gasteiger partial charge >= 0.3 is 17.9 Å². The van der Waals surface area contributed by atoms with Crippen molar-refractivity contribution in [1.82, 2.24) is 0 Å². The molecule has 0 aliphatic heterocycles. The fraction of sp³-hybridized carbons (Fsp3) is 0.676. The third kappa shape index (κ3) is 62.5. The van der Waals surface area contributed by atoms with Crippen LogP contribution in [0, 0.1) is 0 Å². The molecule has 438 valence electrons. The molecule has 0 saturated heterocycles. The van der Waals surface area contributed by atoms with Crippen LogP contribution in [0.5, 0.6) is 0 Å². The average Bonchev–Trinajstić information content (AvgIpc) is 3.43. The van der Waals surface area contributed by atoms with Gasteiger partial charge in [0.25, 0.3) is 0 Å². The number of unbranched alkanes of at least 4 members (excludes halogenated alkanes) is 26. The summed E-state index contributed by atoms with van der Waals surface area (Å²) in [4.78, 5) is 38.3. The van der Waals surface area contributed by atoms with Gasteiger partial charge in [-0.2, -0.15) is 0 Å². The van der Waals surface area contributed by atoms with E-state index in [0.717, 1.165) is 116 Å². The van der Waals surface area contributed by atoms with E-state index in [1.54, 1.807) is 0 Å². The van der Waals surface area contributed by atoms with Crippen molar-refractivity contribution in [2.75, 3.05) is 13.2 Å². The van der Waals surface area contributed by atoms with Crippen molar-refractivity contribution in [3.05, 3.63) is 122 Å².